The molecular weight excluding hydrogens is 194 g/mol. The number of aryl methyl sites for hydroxylation is 1. The third kappa shape index (κ3) is 2.00. The van der Waals surface area contributed by atoms with E-state index >= 15 is 0 Å². The Bertz CT molecular complexity index is 380. The van der Waals surface area contributed by atoms with Crippen LogP contribution in [0.3, 0.4) is 0 Å². The molecule has 1 rings (SSSR count). The molecule has 0 radical (unpaired) electrons. The van der Waals surface area contributed by atoms with Crippen molar-refractivity contribution in [2.45, 2.75) is 39.5 Å². The van der Waals surface area contributed by atoms with Gasteiger partial charge >= 0.3 is 5.69 Å². The molecule has 0 bridgehead atoms. The van der Waals surface area contributed by atoms with Crippen LogP contribution in [0.1, 0.15) is 50.9 Å². The Morgan fingerprint density at radius 3 is 2.13 bits per heavy atom. The van der Waals surface area contributed by atoms with Crippen molar-refractivity contribution in [2.75, 3.05) is 0 Å². The van der Waals surface area contributed by atoms with E-state index in [9.17, 15) is 10.1 Å². The average Bonchev–Trinajstić information content (AvgIpc) is 2.42. The van der Waals surface area contributed by atoms with Gasteiger partial charge in [0.15, 0.2) is 0 Å². The Balaban J connectivity index is 3.44. The van der Waals surface area contributed by atoms with E-state index < -0.39 is 0 Å². The van der Waals surface area contributed by atoms with Crippen LogP contribution in [0.15, 0.2) is 0 Å². The number of hydrogen-bond acceptors (Lipinski definition) is 3. The molecule has 0 amide bonds. The second-order valence-electron chi connectivity index (χ2n) is 4.31. The van der Waals surface area contributed by atoms with E-state index in [0.29, 0.717) is 11.4 Å². The van der Waals surface area contributed by atoms with Crippen molar-refractivity contribution in [2.24, 2.45) is 7.05 Å². The zero-order valence-corrected chi connectivity index (χ0v) is 9.81. The normalized spacial score (nSPS) is 11.4. The molecule has 0 N–H and O–H groups in total. The zero-order valence-electron chi connectivity index (χ0n) is 9.81. The first kappa shape index (κ1) is 11.7. The summed E-state index contributed by atoms with van der Waals surface area (Å²) in [5.74, 6) is 0.180. The summed E-state index contributed by atoms with van der Waals surface area (Å²) >= 11 is 0. The topological polar surface area (TPSA) is 61.0 Å². The van der Waals surface area contributed by atoms with Crippen molar-refractivity contribution in [1.29, 1.82) is 0 Å². The minimum atomic E-state index is -0.322. The van der Waals surface area contributed by atoms with E-state index in [-0.39, 0.29) is 22.4 Å². The van der Waals surface area contributed by atoms with Crippen molar-refractivity contribution in [3.63, 3.8) is 0 Å². The molecule has 1 aromatic heterocycles. The first-order valence-corrected chi connectivity index (χ1v) is 5.07. The summed E-state index contributed by atoms with van der Waals surface area (Å²) in [4.78, 5) is 10.7. The highest BCUT2D eigenvalue weighted by molar-refractivity contribution is 5.44. The zero-order chi connectivity index (χ0) is 11.7. The molecule has 0 unspecified atom stereocenters. The van der Waals surface area contributed by atoms with Gasteiger partial charge in [-0.05, 0) is 0 Å². The molecule has 0 spiro atoms. The van der Waals surface area contributed by atoms with Crippen LogP contribution >= 0.6 is 0 Å². The van der Waals surface area contributed by atoms with Crippen LogP contribution in [0.25, 0.3) is 0 Å². The highest BCUT2D eigenvalue weighted by Gasteiger charge is 2.29. The summed E-state index contributed by atoms with van der Waals surface area (Å²) in [5, 5.41) is 15.2. The molecule has 5 heteroatoms. The molecule has 0 aromatic carbocycles. The highest BCUT2D eigenvalue weighted by atomic mass is 16.6. The first-order valence-electron chi connectivity index (χ1n) is 5.07. The molecule has 0 saturated heterocycles. The second kappa shape index (κ2) is 4.00. The second-order valence-corrected chi connectivity index (χ2v) is 4.31. The maximum absolute atomic E-state index is 11.0. The molecule has 1 aromatic rings. The van der Waals surface area contributed by atoms with Gasteiger partial charge in [0.2, 0.25) is 0 Å². The Hall–Kier alpha value is -1.39. The summed E-state index contributed by atoms with van der Waals surface area (Å²) in [5.41, 5.74) is 1.46. The van der Waals surface area contributed by atoms with Crippen molar-refractivity contribution in [3.8, 4) is 0 Å². The fraction of sp³-hybridized carbons (Fsp3) is 0.700. The molecule has 15 heavy (non-hydrogen) atoms. The molecule has 0 saturated carbocycles. The lowest BCUT2D eigenvalue weighted by molar-refractivity contribution is -0.386. The molecule has 1 heterocycles. The van der Waals surface area contributed by atoms with Gasteiger partial charge in [-0.15, -0.1) is 0 Å². The van der Waals surface area contributed by atoms with Crippen LogP contribution < -0.4 is 0 Å². The van der Waals surface area contributed by atoms with Gasteiger partial charge in [-0.25, -0.2) is 0 Å². The van der Waals surface area contributed by atoms with Crippen molar-refractivity contribution < 1.29 is 4.92 Å². The lowest BCUT2D eigenvalue weighted by atomic mass is 10.0. The molecule has 0 atom stereocenters. The summed E-state index contributed by atoms with van der Waals surface area (Å²) in [7, 11) is 1.76. The van der Waals surface area contributed by atoms with Gasteiger partial charge < -0.3 is 0 Å². The molecular formula is C10H17N3O2. The van der Waals surface area contributed by atoms with Crippen LogP contribution in [0.2, 0.25) is 0 Å². The Morgan fingerprint density at radius 1 is 1.27 bits per heavy atom. The summed E-state index contributed by atoms with van der Waals surface area (Å²) < 4.78 is 1.62. The fourth-order valence-corrected chi connectivity index (χ4v) is 1.77. The standard InChI is InChI=1S/C10H17N3O2/c1-6(2)8-10(13(14)15)9(7(3)4)12(5)11-8/h6-7H,1-5H3. The quantitative estimate of drug-likeness (QED) is 0.570. The lowest BCUT2D eigenvalue weighted by Crippen LogP contribution is -2.02. The third-order valence-electron chi connectivity index (χ3n) is 2.37. The van der Waals surface area contributed by atoms with Gasteiger partial charge in [0, 0.05) is 18.9 Å². The van der Waals surface area contributed by atoms with Gasteiger partial charge in [-0.1, -0.05) is 27.7 Å². The molecule has 0 aliphatic rings. The van der Waals surface area contributed by atoms with Crippen LogP contribution in [-0.2, 0) is 7.05 Å². The molecule has 0 aliphatic carbocycles. The van der Waals surface area contributed by atoms with E-state index in [0.717, 1.165) is 0 Å². The maximum atomic E-state index is 11.0. The largest absolute Gasteiger partial charge is 0.313 e. The Morgan fingerprint density at radius 2 is 1.80 bits per heavy atom. The van der Waals surface area contributed by atoms with E-state index in [2.05, 4.69) is 5.10 Å². The van der Waals surface area contributed by atoms with Crippen molar-refractivity contribution in [1.82, 2.24) is 9.78 Å². The van der Waals surface area contributed by atoms with Crippen LogP contribution in [-0.4, -0.2) is 14.7 Å². The minimum Gasteiger partial charge on any atom is -0.265 e. The van der Waals surface area contributed by atoms with Crippen molar-refractivity contribution >= 4 is 5.69 Å². The van der Waals surface area contributed by atoms with E-state index in [4.69, 9.17) is 0 Å². The van der Waals surface area contributed by atoms with Gasteiger partial charge in [-0.3, -0.25) is 14.8 Å². The summed E-state index contributed by atoms with van der Waals surface area (Å²) in [6, 6.07) is 0. The van der Waals surface area contributed by atoms with E-state index in [1.165, 1.54) is 0 Å². The number of aromatic nitrogens is 2. The molecule has 84 valence electrons. The smallest absolute Gasteiger partial charge is 0.265 e. The molecule has 0 fully saturated rings. The monoisotopic (exact) mass is 211 g/mol. The van der Waals surface area contributed by atoms with Crippen molar-refractivity contribution in [3.05, 3.63) is 21.5 Å². The summed E-state index contributed by atoms with van der Waals surface area (Å²) in [6.07, 6.45) is 0. The lowest BCUT2D eigenvalue weighted by Gasteiger charge is -2.04. The summed E-state index contributed by atoms with van der Waals surface area (Å²) in [6.45, 7) is 7.71. The predicted octanol–water partition coefficient (Wildman–Crippen LogP) is 2.58. The maximum Gasteiger partial charge on any atom is 0.313 e. The number of nitro groups is 1. The third-order valence-corrected chi connectivity index (χ3v) is 2.37. The van der Waals surface area contributed by atoms with Crippen LogP contribution in [0, 0.1) is 10.1 Å². The number of hydrogen-bond donors (Lipinski definition) is 0. The first-order chi connectivity index (χ1) is 6.86. The van der Waals surface area contributed by atoms with E-state index in [1.54, 1.807) is 11.7 Å². The number of rotatable bonds is 3. The number of nitrogens with zero attached hydrogens (tertiary/aromatic N) is 3. The van der Waals surface area contributed by atoms with Gasteiger partial charge in [-0.2, -0.15) is 5.10 Å². The molecule has 5 nitrogen and oxygen atoms in total. The van der Waals surface area contributed by atoms with Gasteiger partial charge in [0.05, 0.1) is 4.92 Å². The molecule has 0 aliphatic heterocycles. The Kier molecular flexibility index (Phi) is 3.12. The fourth-order valence-electron chi connectivity index (χ4n) is 1.77. The van der Waals surface area contributed by atoms with Gasteiger partial charge in [0.1, 0.15) is 11.4 Å². The minimum absolute atomic E-state index is 0.0732. The highest BCUT2D eigenvalue weighted by Crippen LogP contribution is 2.33. The SMILES string of the molecule is CC(C)c1nn(C)c(C(C)C)c1[N+](=O)[O-]. The predicted molar refractivity (Wildman–Crippen MR) is 58.0 cm³/mol. The van der Waals surface area contributed by atoms with Crippen LogP contribution in [0.5, 0.6) is 0 Å². The van der Waals surface area contributed by atoms with Crippen LogP contribution in [0.4, 0.5) is 5.69 Å². The Labute approximate surface area is 89.2 Å². The van der Waals surface area contributed by atoms with Gasteiger partial charge in [0.25, 0.3) is 0 Å². The van der Waals surface area contributed by atoms with E-state index in [1.807, 2.05) is 27.7 Å². The average molecular weight is 211 g/mol.